The third-order valence-corrected chi connectivity index (χ3v) is 6.83. The number of aromatic nitrogens is 1. The monoisotopic (exact) mass is 434 g/mol. The van der Waals surface area contributed by atoms with E-state index in [4.69, 9.17) is 0 Å². The van der Waals surface area contributed by atoms with Gasteiger partial charge in [-0.1, -0.05) is 48.0 Å². The standard InChI is InChI=1S/C24H23BrN2O/c1-24(2)12-19-23(20(28)13-24)21(14-5-7-15(25)8-6-14)22-16-4-3-11-26-17(16)9-10-18(22)27-19/h3-11,19,21,23,27H,12-13H2,1-2H3/t19-,21+,23+/m1/s1. The number of benzene rings is 2. The molecule has 0 spiro atoms. The van der Waals surface area contributed by atoms with Crippen LogP contribution in [0.3, 0.4) is 0 Å². The fraction of sp³-hybridized carbons (Fsp3) is 0.333. The van der Waals surface area contributed by atoms with Gasteiger partial charge in [0, 0.05) is 46.0 Å². The Kier molecular flexibility index (Phi) is 4.09. The number of halogens is 1. The maximum atomic E-state index is 13.4. The van der Waals surface area contributed by atoms with E-state index in [1.165, 1.54) is 11.1 Å². The first-order chi connectivity index (χ1) is 13.4. The minimum absolute atomic E-state index is 0.0332. The zero-order chi connectivity index (χ0) is 19.5. The Bertz CT molecular complexity index is 1070. The number of ketones is 1. The number of hydrogen-bond acceptors (Lipinski definition) is 3. The van der Waals surface area contributed by atoms with Gasteiger partial charge in [0.2, 0.25) is 0 Å². The Labute approximate surface area is 173 Å². The smallest absolute Gasteiger partial charge is 0.139 e. The van der Waals surface area contributed by atoms with Crippen molar-refractivity contribution in [2.24, 2.45) is 11.3 Å². The van der Waals surface area contributed by atoms with Gasteiger partial charge in [0.25, 0.3) is 0 Å². The van der Waals surface area contributed by atoms with Crippen LogP contribution in [0.15, 0.2) is 59.2 Å². The second kappa shape index (κ2) is 6.41. The van der Waals surface area contributed by atoms with Gasteiger partial charge in [0.15, 0.2) is 0 Å². The first-order valence-corrected chi connectivity index (χ1v) is 10.6. The molecule has 4 heteroatoms. The molecule has 1 aliphatic carbocycles. The Morgan fingerprint density at radius 3 is 2.68 bits per heavy atom. The molecule has 5 rings (SSSR count). The molecule has 1 aromatic heterocycles. The van der Waals surface area contributed by atoms with Gasteiger partial charge in [0.1, 0.15) is 5.78 Å². The van der Waals surface area contributed by atoms with Crippen molar-refractivity contribution in [2.45, 2.75) is 38.6 Å². The zero-order valence-electron chi connectivity index (χ0n) is 16.1. The first kappa shape index (κ1) is 17.9. The van der Waals surface area contributed by atoms with Crippen LogP contribution in [-0.2, 0) is 4.79 Å². The molecule has 0 bridgehead atoms. The molecule has 1 aliphatic heterocycles. The fourth-order valence-electron chi connectivity index (χ4n) is 5.23. The average Bonchev–Trinajstić information content (AvgIpc) is 2.66. The molecule has 0 unspecified atom stereocenters. The van der Waals surface area contributed by atoms with Gasteiger partial charge in [-0.15, -0.1) is 0 Å². The van der Waals surface area contributed by atoms with Crippen molar-refractivity contribution in [3.05, 3.63) is 70.3 Å². The summed E-state index contributed by atoms with van der Waals surface area (Å²) in [5, 5.41) is 4.87. The minimum atomic E-state index is -0.0486. The third-order valence-electron chi connectivity index (χ3n) is 6.30. The van der Waals surface area contributed by atoms with Gasteiger partial charge in [-0.05, 0) is 53.3 Å². The molecule has 2 aromatic carbocycles. The van der Waals surface area contributed by atoms with Gasteiger partial charge >= 0.3 is 0 Å². The first-order valence-electron chi connectivity index (χ1n) is 9.85. The molecule has 3 nitrogen and oxygen atoms in total. The van der Waals surface area contributed by atoms with Gasteiger partial charge in [-0.2, -0.15) is 0 Å². The summed E-state index contributed by atoms with van der Waals surface area (Å²) >= 11 is 3.55. The molecule has 3 aromatic rings. The van der Waals surface area contributed by atoms with E-state index < -0.39 is 0 Å². The summed E-state index contributed by atoms with van der Waals surface area (Å²) in [7, 11) is 0. The van der Waals surface area contributed by atoms with Crippen molar-refractivity contribution in [2.75, 3.05) is 5.32 Å². The molecular formula is C24H23BrN2O. The van der Waals surface area contributed by atoms with Gasteiger partial charge in [0.05, 0.1) is 5.52 Å². The van der Waals surface area contributed by atoms with Crippen LogP contribution in [-0.4, -0.2) is 16.8 Å². The maximum absolute atomic E-state index is 13.4. The Hall–Kier alpha value is -2.20. The summed E-state index contributed by atoms with van der Waals surface area (Å²) in [6.45, 7) is 4.41. The molecule has 2 aliphatic rings. The van der Waals surface area contributed by atoms with E-state index in [0.29, 0.717) is 12.2 Å². The van der Waals surface area contributed by atoms with Crippen molar-refractivity contribution >= 4 is 38.3 Å². The molecule has 1 fully saturated rings. The summed E-state index contributed by atoms with van der Waals surface area (Å²) in [4.78, 5) is 17.9. The van der Waals surface area contributed by atoms with E-state index >= 15 is 0 Å². The van der Waals surface area contributed by atoms with Crippen molar-refractivity contribution in [1.29, 1.82) is 0 Å². The third kappa shape index (κ3) is 2.86. The summed E-state index contributed by atoms with van der Waals surface area (Å²) in [6, 6.07) is 17.0. The van der Waals surface area contributed by atoms with Crippen molar-refractivity contribution in [3.8, 4) is 0 Å². The SMILES string of the molecule is CC1(C)CC(=O)[C@H]2[C@@H](c3ccc(Br)cc3)c3c(ccc4ncccc34)N[C@@H]2C1. The zero-order valence-corrected chi connectivity index (χ0v) is 17.7. The lowest BCUT2D eigenvalue weighted by atomic mass is 9.61. The lowest BCUT2D eigenvalue weighted by Crippen LogP contribution is -2.50. The number of nitrogens with zero attached hydrogens (tertiary/aromatic N) is 1. The minimum Gasteiger partial charge on any atom is -0.381 e. The van der Waals surface area contributed by atoms with Crippen LogP contribution in [0.25, 0.3) is 10.9 Å². The number of rotatable bonds is 1. The number of carbonyl (C=O) groups excluding carboxylic acids is 1. The summed E-state index contributed by atoms with van der Waals surface area (Å²) in [6.07, 6.45) is 3.47. The lowest BCUT2D eigenvalue weighted by molar-refractivity contribution is -0.128. The summed E-state index contributed by atoms with van der Waals surface area (Å²) in [5.74, 6) is 0.367. The van der Waals surface area contributed by atoms with Gasteiger partial charge in [-0.25, -0.2) is 0 Å². The number of nitrogens with one attached hydrogen (secondary N) is 1. The lowest BCUT2D eigenvalue weighted by Gasteiger charge is -2.47. The molecule has 0 amide bonds. The van der Waals surface area contributed by atoms with E-state index in [-0.39, 0.29) is 23.3 Å². The molecule has 1 N–H and O–H groups in total. The number of carbonyl (C=O) groups is 1. The summed E-state index contributed by atoms with van der Waals surface area (Å²) in [5.41, 5.74) is 4.56. The highest BCUT2D eigenvalue weighted by Crippen LogP contribution is 2.51. The van der Waals surface area contributed by atoms with Crippen LogP contribution in [0, 0.1) is 11.3 Å². The number of hydrogen-bond donors (Lipinski definition) is 1. The second-order valence-corrected chi connectivity index (χ2v) is 9.83. The Balaban J connectivity index is 1.76. The van der Waals surface area contributed by atoms with E-state index in [9.17, 15) is 4.79 Å². The average molecular weight is 435 g/mol. The van der Waals surface area contributed by atoms with E-state index in [1.54, 1.807) is 0 Å². The fourth-order valence-corrected chi connectivity index (χ4v) is 5.49. The van der Waals surface area contributed by atoms with Crippen LogP contribution in [0.2, 0.25) is 0 Å². The molecule has 0 saturated heterocycles. The molecule has 3 atom stereocenters. The maximum Gasteiger partial charge on any atom is 0.139 e. The number of Topliss-reactive ketones (excluding diaryl/α,β-unsaturated/α-hetero) is 1. The highest BCUT2D eigenvalue weighted by Gasteiger charge is 2.48. The van der Waals surface area contributed by atoms with E-state index in [1.807, 2.05) is 12.3 Å². The van der Waals surface area contributed by atoms with Gasteiger partial charge < -0.3 is 5.32 Å². The highest BCUT2D eigenvalue weighted by atomic mass is 79.9. The number of anilines is 1. The highest BCUT2D eigenvalue weighted by molar-refractivity contribution is 9.10. The van der Waals surface area contributed by atoms with Crippen molar-refractivity contribution < 1.29 is 4.79 Å². The predicted octanol–water partition coefficient (Wildman–Crippen LogP) is 5.93. The van der Waals surface area contributed by atoms with E-state index in [2.05, 4.69) is 82.5 Å². The van der Waals surface area contributed by atoms with Crippen LogP contribution < -0.4 is 5.32 Å². The Morgan fingerprint density at radius 1 is 1.11 bits per heavy atom. The number of pyridine rings is 1. The molecule has 28 heavy (non-hydrogen) atoms. The normalized spacial score (nSPS) is 25.7. The quantitative estimate of drug-likeness (QED) is 0.515. The largest absolute Gasteiger partial charge is 0.381 e. The van der Waals surface area contributed by atoms with Crippen molar-refractivity contribution in [3.63, 3.8) is 0 Å². The topological polar surface area (TPSA) is 42.0 Å². The van der Waals surface area contributed by atoms with Crippen LogP contribution >= 0.6 is 15.9 Å². The van der Waals surface area contributed by atoms with Crippen LogP contribution in [0.1, 0.15) is 43.7 Å². The van der Waals surface area contributed by atoms with Gasteiger partial charge in [-0.3, -0.25) is 9.78 Å². The molecule has 1 saturated carbocycles. The summed E-state index contributed by atoms with van der Waals surface area (Å²) < 4.78 is 1.05. The van der Waals surface area contributed by atoms with Crippen LogP contribution in [0.4, 0.5) is 5.69 Å². The predicted molar refractivity (Wildman–Crippen MR) is 117 cm³/mol. The van der Waals surface area contributed by atoms with Crippen LogP contribution in [0.5, 0.6) is 0 Å². The molecule has 0 radical (unpaired) electrons. The van der Waals surface area contributed by atoms with E-state index in [0.717, 1.165) is 27.5 Å². The molecule has 142 valence electrons. The Morgan fingerprint density at radius 2 is 1.89 bits per heavy atom. The van der Waals surface area contributed by atoms with Crippen molar-refractivity contribution in [1.82, 2.24) is 4.98 Å². The molecule has 2 heterocycles. The molecular weight excluding hydrogens is 412 g/mol. The second-order valence-electron chi connectivity index (χ2n) is 8.91. The number of fused-ring (bicyclic) bond motifs is 4.